The number of sulfonamides is 1. The van der Waals surface area contributed by atoms with Crippen molar-refractivity contribution in [3.05, 3.63) is 59.9 Å². The Balaban J connectivity index is 1.81. The van der Waals surface area contributed by atoms with Gasteiger partial charge in [-0.15, -0.1) is 0 Å². The van der Waals surface area contributed by atoms with E-state index in [1.54, 1.807) is 0 Å². The van der Waals surface area contributed by atoms with E-state index in [1.165, 1.54) is 48.5 Å². The van der Waals surface area contributed by atoms with Crippen LogP contribution in [0.25, 0.3) is 0 Å². The van der Waals surface area contributed by atoms with E-state index < -0.39 is 10.0 Å². The second-order valence-electron chi connectivity index (χ2n) is 4.63. The topological polar surface area (TPSA) is 98.5 Å². The van der Waals surface area contributed by atoms with Gasteiger partial charge in [0, 0.05) is 5.56 Å². The van der Waals surface area contributed by atoms with Crippen molar-refractivity contribution in [2.75, 3.05) is 13.2 Å². The molecule has 3 N–H and O–H groups in total. The highest BCUT2D eigenvalue weighted by Gasteiger charge is 2.09. The van der Waals surface area contributed by atoms with Crippen LogP contribution < -0.4 is 15.2 Å². The Hall–Kier alpha value is -2.45. The third-order valence-electron chi connectivity index (χ3n) is 2.92. The minimum absolute atomic E-state index is 0.0614. The van der Waals surface area contributed by atoms with Crippen molar-refractivity contribution in [3.8, 4) is 5.75 Å². The molecule has 6 nitrogen and oxygen atoms in total. The van der Waals surface area contributed by atoms with Gasteiger partial charge in [0.05, 0.1) is 11.4 Å². The maximum atomic E-state index is 12.7. The highest BCUT2D eigenvalue weighted by atomic mass is 32.2. The number of rotatable bonds is 6. The van der Waals surface area contributed by atoms with Gasteiger partial charge in [0.2, 0.25) is 10.0 Å². The van der Waals surface area contributed by atoms with Gasteiger partial charge in [0.15, 0.2) is 0 Å². The molecule has 0 atom stereocenters. The molecule has 0 heterocycles. The summed E-state index contributed by atoms with van der Waals surface area (Å²) in [6.45, 7) is 0.458. The lowest BCUT2D eigenvalue weighted by Crippen LogP contribution is -2.28. The fraction of sp³-hybridized carbons (Fsp3) is 0.133. The van der Waals surface area contributed by atoms with E-state index in [9.17, 15) is 17.6 Å². The number of hydrogen-bond acceptors (Lipinski definition) is 4. The number of carbonyl (C=O) groups is 1. The fourth-order valence-corrected chi connectivity index (χ4v) is 2.28. The number of halogens is 1. The molecule has 0 saturated carbocycles. The summed E-state index contributed by atoms with van der Waals surface area (Å²) in [4.78, 5) is 11.8. The van der Waals surface area contributed by atoms with Crippen LogP contribution in [0.2, 0.25) is 0 Å². The number of nitrogens with two attached hydrogens (primary N) is 1. The SMILES string of the molecule is NS(=O)(=O)c1ccc(C(=O)NCCOc2ccc(F)cc2)cc1. The largest absolute Gasteiger partial charge is 0.492 e. The zero-order valence-corrected chi connectivity index (χ0v) is 12.8. The monoisotopic (exact) mass is 338 g/mol. The van der Waals surface area contributed by atoms with Gasteiger partial charge in [-0.3, -0.25) is 4.79 Å². The van der Waals surface area contributed by atoms with Gasteiger partial charge >= 0.3 is 0 Å². The lowest BCUT2D eigenvalue weighted by Gasteiger charge is -2.08. The summed E-state index contributed by atoms with van der Waals surface area (Å²) in [6.07, 6.45) is 0. The van der Waals surface area contributed by atoms with Crippen molar-refractivity contribution >= 4 is 15.9 Å². The third kappa shape index (κ3) is 5.04. The highest BCUT2D eigenvalue weighted by Crippen LogP contribution is 2.11. The number of hydrogen-bond donors (Lipinski definition) is 2. The molecule has 23 heavy (non-hydrogen) atoms. The van der Waals surface area contributed by atoms with Gasteiger partial charge in [-0.25, -0.2) is 17.9 Å². The summed E-state index contributed by atoms with van der Waals surface area (Å²) in [5, 5.41) is 7.60. The Kier molecular flexibility index (Phi) is 5.30. The summed E-state index contributed by atoms with van der Waals surface area (Å²) in [6, 6.07) is 10.8. The second-order valence-corrected chi connectivity index (χ2v) is 6.19. The highest BCUT2D eigenvalue weighted by molar-refractivity contribution is 7.89. The average molecular weight is 338 g/mol. The van der Waals surface area contributed by atoms with Crippen LogP contribution in [0.3, 0.4) is 0 Å². The zero-order chi connectivity index (χ0) is 16.9. The third-order valence-corrected chi connectivity index (χ3v) is 3.84. The predicted octanol–water partition coefficient (Wildman–Crippen LogP) is 1.28. The lowest BCUT2D eigenvalue weighted by atomic mass is 10.2. The van der Waals surface area contributed by atoms with Gasteiger partial charge in [-0.1, -0.05) is 0 Å². The lowest BCUT2D eigenvalue weighted by molar-refractivity contribution is 0.0947. The van der Waals surface area contributed by atoms with E-state index in [0.29, 0.717) is 11.3 Å². The number of carbonyl (C=O) groups excluding carboxylic acids is 1. The summed E-state index contributed by atoms with van der Waals surface area (Å²) in [7, 11) is -3.78. The van der Waals surface area contributed by atoms with E-state index in [2.05, 4.69) is 5.32 Å². The molecule has 0 radical (unpaired) electrons. The molecule has 1 amide bonds. The van der Waals surface area contributed by atoms with E-state index in [4.69, 9.17) is 9.88 Å². The number of amides is 1. The first-order valence-electron chi connectivity index (χ1n) is 6.66. The first kappa shape index (κ1) is 16.9. The Labute approximate surface area is 133 Å². The molecule has 0 aromatic heterocycles. The average Bonchev–Trinajstić information content (AvgIpc) is 2.52. The maximum absolute atomic E-state index is 12.7. The van der Waals surface area contributed by atoms with Crippen LogP contribution in [0.4, 0.5) is 4.39 Å². The Morgan fingerprint density at radius 1 is 1.09 bits per heavy atom. The van der Waals surface area contributed by atoms with Gasteiger partial charge in [0.25, 0.3) is 5.91 Å². The molecule has 0 aliphatic carbocycles. The van der Waals surface area contributed by atoms with Crippen molar-refractivity contribution in [3.63, 3.8) is 0 Å². The van der Waals surface area contributed by atoms with Crippen molar-refractivity contribution in [2.45, 2.75) is 4.90 Å². The smallest absolute Gasteiger partial charge is 0.251 e. The molecular weight excluding hydrogens is 323 g/mol. The molecule has 2 aromatic rings. The van der Waals surface area contributed by atoms with Crippen LogP contribution in [0.5, 0.6) is 5.75 Å². The second kappa shape index (κ2) is 7.21. The van der Waals surface area contributed by atoms with E-state index in [-0.39, 0.29) is 29.8 Å². The first-order chi connectivity index (χ1) is 10.9. The van der Waals surface area contributed by atoms with E-state index >= 15 is 0 Å². The van der Waals surface area contributed by atoms with Gasteiger partial charge in [-0.2, -0.15) is 0 Å². The zero-order valence-electron chi connectivity index (χ0n) is 12.0. The van der Waals surface area contributed by atoms with Crippen LogP contribution >= 0.6 is 0 Å². The number of primary sulfonamides is 1. The Morgan fingerprint density at radius 2 is 1.70 bits per heavy atom. The molecule has 0 saturated heterocycles. The molecular formula is C15H15FN2O4S. The molecule has 2 aromatic carbocycles. The van der Waals surface area contributed by atoms with Crippen molar-refractivity contribution in [1.82, 2.24) is 5.32 Å². The van der Waals surface area contributed by atoms with Gasteiger partial charge in [0.1, 0.15) is 18.2 Å². The first-order valence-corrected chi connectivity index (χ1v) is 8.20. The minimum Gasteiger partial charge on any atom is -0.492 e. The van der Waals surface area contributed by atoms with Crippen LogP contribution in [-0.2, 0) is 10.0 Å². The van der Waals surface area contributed by atoms with Gasteiger partial charge in [-0.05, 0) is 48.5 Å². The summed E-state index contributed by atoms with van der Waals surface area (Å²) in [5.41, 5.74) is 0.305. The van der Waals surface area contributed by atoms with Crippen molar-refractivity contribution in [1.29, 1.82) is 0 Å². The van der Waals surface area contributed by atoms with Crippen LogP contribution in [-0.4, -0.2) is 27.5 Å². The van der Waals surface area contributed by atoms with Gasteiger partial charge < -0.3 is 10.1 Å². The van der Waals surface area contributed by atoms with E-state index in [0.717, 1.165) is 0 Å². The summed E-state index contributed by atoms with van der Waals surface area (Å²) in [5.74, 6) is -0.222. The molecule has 2 rings (SSSR count). The van der Waals surface area contributed by atoms with Crippen LogP contribution in [0.1, 0.15) is 10.4 Å². The molecule has 0 aliphatic heterocycles. The Morgan fingerprint density at radius 3 is 2.26 bits per heavy atom. The molecule has 0 fully saturated rings. The van der Waals surface area contributed by atoms with Crippen molar-refractivity contribution < 1.29 is 22.3 Å². The number of ether oxygens (including phenoxy) is 1. The van der Waals surface area contributed by atoms with Crippen LogP contribution in [0.15, 0.2) is 53.4 Å². The van der Waals surface area contributed by atoms with E-state index in [1.807, 2.05) is 0 Å². The fourth-order valence-electron chi connectivity index (χ4n) is 1.76. The number of nitrogens with one attached hydrogen (secondary N) is 1. The summed E-state index contributed by atoms with van der Waals surface area (Å²) >= 11 is 0. The molecule has 0 unspecified atom stereocenters. The van der Waals surface area contributed by atoms with Crippen LogP contribution in [0, 0.1) is 5.82 Å². The molecule has 0 bridgehead atoms. The minimum atomic E-state index is -3.78. The van der Waals surface area contributed by atoms with Crippen molar-refractivity contribution in [2.24, 2.45) is 5.14 Å². The molecule has 0 spiro atoms. The standard InChI is InChI=1S/C15H15FN2O4S/c16-12-3-5-13(6-4-12)22-10-9-18-15(19)11-1-7-14(8-2-11)23(17,20)21/h1-8H,9-10H2,(H,18,19)(H2,17,20,21). The summed E-state index contributed by atoms with van der Waals surface area (Å²) < 4.78 is 40.3. The predicted molar refractivity (Wildman–Crippen MR) is 82.0 cm³/mol. The quantitative estimate of drug-likeness (QED) is 0.775. The molecule has 8 heteroatoms. The number of benzene rings is 2. The molecule has 122 valence electrons. The normalized spacial score (nSPS) is 11.0. The molecule has 0 aliphatic rings. The maximum Gasteiger partial charge on any atom is 0.251 e. The Bertz CT molecular complexity index is 774.